The number of ether oxygens (including phenoxy) is 3. The van der Waals surface area contributed by atoms with E-state index in [0.717, 1.165) is 11.1 Å². The number of carbonyl (C=O) groups is 1. The molecular formula is C20H26N2O4. The van der Waals surface area contributed by atoms with Gasteiger partial charge in [-0.3, -0.25) is 0 Å². The van der Waals surface area contributed by atoms with Gasteiger partial charge in [-0.2, -0.15) is 0 Å². The van der Waals surface area contributed by atoms with Crippen molar-refractivity contribution in [3.05, 3.63) is 53.1 Å². The lowest BCUT2D eigenvalue weighted by molar-refractivity contribution is 0.240. The Balaban J connectivity index is 1.88. The minimum atomic E-state index is -0.203. The number of nitrogens with one attached hydrogen (secondary N) is 2. The van der Waals surface area contributed by atoms with Gasteiger partial charge in [-0.05, 0) is 25.0 Å². The third-order valence-corrected chi connectivity index (χ3v) is 4.00. The first kappa shape index (κ1) is 19.4. The van der Waals surface area contributed by atoms with Gasteiger partial charge in [0.2, 0.25) is 5.75 Å². The molecule has 2 aromatic carbocycles. The van der Waals surface area contributed by atoms with Crippen LogP contribution in [0.15, 0.2) is 36.4 Å². The molecule has 0 heterocycles. The summed E-state index contributed by atoms with van der Waals surface area (Å²) in [5, 5.41) is 5.71. The van der Waals surface area contributed by atoms with Crippen LogP contribution in [0.5, 0.6) is 17.2 Å². The Morgan fingerprint density at radius 3 is 2.38 bits per heavy atom. The molecule has 140 valence electrons. The van der Waals surface area contributed by atoms with Crippen LogP contribution in [0.25, 0.3) is 0 Å². The summed E-state index contributed by atoms with van der Waals surface area (Å²) in [5.41, 5.74) is 3.18. The van der Waals surface area contributed by atoms with Crippen molar-refractivity contribution >= 4 is 6.03 Å². The number of carbonyl (C=O) groups excluding carboxylic acids is 1. The van der Waals surface area contributed by atoms with Crippen LogP contribution < -0.4 is 24.8 Å². The maximum Gasteiger partial charge on any atom is 0.315 e. The SMILES string of the molecule is COc1ccc(CCNC(=O)NCc2cccc(C)c2)c(OC)c1OC. The maximum absolute atomic E-state index is 12.0. The first-order valence-corrected chi connectivity index (χ1v) is 8.44. The van der Waals surface area contributed by atoms with Crippen LogP contribution >= 0.6 is 0 Å². The normalized spacial score (nSPS) is 10.2. The molecule has 0 aliphatic heterocycles. The molecule has 2 amide bonds. The molecule has 0 saturated carbocycles. The van der Waals surface area contributed by atoms with Crippen molar-refractivity contribution in [3.63, 3.8) is 0 Å². The lowest BCUT2D eigenvalue weighted by Gasteiger charge is -2.16. The second-order valence-electron chi connectivity index (χ2n) is 5.84. The Kier molecular flexibility index (Phi) is 7.14. The molecule has 2 N–H and O–H groups in total. The van der Waals surface area contributed by atoms with E-state index in [4.69, 9.17) is 14.2 Å². The molecule has 0 aliphatic rings. The molecule has 0 bridgehead atoms. The van der Waals surface area contributed by atoms with Gasteiger partial charge in [-0.25, -0.2) is 4.79 Å². The van der Waals surface area contributed by atoms with Crippen molar-refractivity contribution in [2.45, 2.75) is 19.9 Å². The minimum absolute atomic E-state index is 0.203. The van der Waals surface area contributed by atoms with E-state index in [1.165, 1.54) is 5.56 Å². The van der Waals surface area contributed by atoms with E-state index in [2.05, 4.69) is 16.7 Å². The number of aryl methyl sites for hydroxylation is 1. The zero-order chi connectivity index (χ0) is 18.9. The smallest absolute Gasteiger partial charge is 0.315 e. The number of methoxy groups -OCH3 is 3. The molecule has 0 fully saturated rings. The fourth-order valence-electron chi connectivity index (χ4n) is 2.74. The molecule has 26 heavy (non-hydrogen) atoms. The zero-order valence-electron chi connectivity index (χ0n) is 15.7. The topological polar surface area (TPSA) is 68.8 Å². The molecular weight excluding hydrogens is 332 g/mol. The summed E-state index contributed by atoms with van der Waals surface area (Å²) in [6.45, 7) is 3.00. The Morgan fingerprint density at radius 1 is 0.962 bits per heavy atom. The first-order valence-electron chi connectivity index (χ1n) is 8.44. The molecule has 2 aromatic rings. The van der Waals surface area contributed by atoms with Gasteiger partial charge < -0.3 is 24.8 Å². The molecule has 0 spiro atoms. The highest BCUT2D eigenvalue weighted by Gasteiger charge is 2.15. The van der Waals surface area contributed by atoms with Gasteiger partial charge in [-0.1, -0.05) is 35.9 Å². The number of urea groups is 1. The van der Waals surface area contributed by atoms with Crippen molar-refractivity contribution in [1.29, 1.82) is 0 Å². The van der Waals surface area contributed by atoms with Gasteiger partial charge in [-0.15, -0.1) is 0 Å². The van der Waals surface area contributed by atoms with E-state index in [0.29, 0.717) is 36.8 Å². The van der Waals surface area contributed by atoms with E-state index in [1.807, 2.05) is 37.3 Å². The highest BCUT2D eigenvalue weighted by Crippen LogP contribution is 2.39. The Morgan fingerprint density at radius 2 is 1.73 bits per heavy atom. The van der Waals surface area contributed by atoms with Gasteiger partial charge in [0.05, 0.1) is 21.3 Å². The molecule has 0 radical (unpaired) electrons. The fourth-order valence-corrected chi connectivity index (χ4v) is 2.74. The lowest BCUT2D eigenvalue weighted by atomic mass is 10.1. The monoisotopic (exact) mass is 358 g/mol. The first-order chi connectivity index (χ1) is 12.6. The Labute approximate surface area is 154 Å². The zero-order valence-corrected chi connectivity index (χ0v) is 15.7. The number of hydrogen-bond donors (Lipinski definition) is 2. The third-order valence-electron chi connectivity index (χ3n) is 4.00. The predicted molar refractivity (Wildman–Crippen MR) is 101 cm³/mol. The highest BCUT2D eigenvalue weighted by atomic mass is 16.5. The second-order valence-corrected chi connectivity index (χ2v) is 5.84. The summed E-state index contributed by atoms with van der Waals surface area (Å²) in [7, 11) is 4.74. The van der Waals surface area contributed by atoms with E-state index < -0.39 is 0 Å². The van der Waals surface area contributed by atoms with Crippen molar-refractivity contribution in [2.24, 2.45) is 0 Å². The van der Waals surface area contributed by atoms with Crippen LogP contribution in [0.3, 0.4) is 0 Å². The van der Waals surface area contributed by atoms with E-state index >= 15 is 0 Å². The van der Waals surface area contributed by atoms with Gasteiger partial charge >= 0.3 is 6.03 Å². The summed E-state index contributed by atoms with van der Waals surface area (Å²) in [6, 6.07) is 11.6. The van der Waals surface area contributed by atoms with Crippen molar-refractivity contribution in [2.75, 3.05) is 27.9 Å². The van der Waals surface area contributed by atoms with Crippen LogP contribution in [-0.2, 0) is 13.0 Å². The van der Waals surface area contributed by atoms with E-state index in [-0.39, 0.29) is 6.03 Å². The molecule has 0 unspecified atom stereocenters. The standard InChI is InChI=1S/C20H26N2O4/c1-14-6-5-7-15(12-14)13-22-20(23)21-11-10-16-8-9-17(24-2)19(26-4)18(16)25-3/h5-9,12H,10-11,13H2,1-4H3,(H2,21,22,23). The average molecular weight is 358 g/mol. The molecule has 0 atom stereocenters. The Hall–Kier alpha value is -2.89. The molecule has 0 aliphatic carbocycles. The van der Waals surface area contributed by atoms with Gasteiger partial charge in [0.1, 0.15) is 0 Å². The number of benzene rings is 2. The van der Waals surface area contributed by atoms with E-state index in [9.17, 15) is 4.79 Å². The lowest BCUT2D eigenvalue weighted by Crippen LogP contribution is -2.36. The number of amides is 2. The van der Waals surface area contributed by atoms with Gasteiger partial charge in [0, 0.05) is 18.7 Å². The highest BCUT2D eigenvalue weighted by molar-refractivity contribution is 5.73. The molecule has 6 nitrogen and oxygen atoms in total. The van der Waals surface area contributed by atoms with Crippen molar-refractivity contribution in [3.8, 4) is 17.2 Å². The summed E-state index contributed by atoms with van der Waals surface area (Å²) in [6.07, 6.45) is 0.612. The minimum Gasteiger partial charge on any atom is -0.493 e. The van der Waals surface area contributed by atoms with Crippen LogP contribution in [0.2, 0.25) is 0 Å². The van der Waals surface area contributed by atoms with E-state index in [1.54, 1.807) is 21.3 Å². The molecule has 6 heteroatoms. The maximum atomic E-state index is 12.0. The van der Waals surface area contributed by atoms with Crippen molar-refractivity contribution < 1.29 is 19.0 Å². The van der Waals surface area contributed by atoms with Crippen LogP contribution in [0.1, 0.15) is 16.7 Å². The number of rotatable bonds is 8. The molecule has 2 rings (SSSR count). The second kappa shape index (κ2) is 9.56. The Bertz CT molecular complexity index is 747. The summed E-state index contributed by atoms with van der Waals surface area (Å²) in [4.78, 5) is 12.0. The van der Waals surface area contributed by atoms with Gasteiger partial charge in [0.25, 0.3) is 0 Å². The molecule has 0 saturated heterocycles. The fraction of sp³-hybridized carbons (Fsp3) is 0.350. The summed E-state index contributed by atoms with van der Waals surface area (Å²) < 4.78 is 16.1. The summed E-state index contributed by atoms with van der Waals surface area (Å²) >= 11 is 0. The molecule has 0 aromatic heterocycles. The van der Waals surface area contributed by atoms with Crippen LogP contribution in [-0.4, -0.2) is 33.9 Å². The number of hydrogen-bond acceptors (Lipinski definition) is 4. The van der Waals surface area contributed by atoms with Crippen LogP contribution in [0, 0.1) is 6.92 Å². The van der Waals surface area contributed by atoms with Crippen LogP contribution in [0.4, 0.5) is 4.79 Å². The third kappa shape index (κ3) is 5.05. The largest absolute Gasteiger partial charge is 0.493 e. The quantitative estimate of drug-likeness (QED) is 0.761. The van der Waals surface area contributed by atoms with Crippen molar-refractivity contribution in [1.82, 2.24) is 10.6 Å². The summed E-state index contributed by atoms with van der Waals surface area (Å²) in [5.74, 6) is 1.78. The average Bonchev–Trinajstić information content (AvgIpc) is 2.65. The van der Waals surface area contributed by atoms with Gasteiger partial charge in [0.15, 0.2) is 11.5 Å². The predicted octanol–water partition coefficient (Wildman–Crippen LogP) is 3.06.